The lowest BCUT2D eigenvalue weighted by Gasteiger charge is -2.09. The van der Waals surface area contributed by atoms with E-state index < -0.39 is 0 Å². The van der Waals surface area contributed by atoms with Crippen molar-refractivity contribution in [3.05, 3.63) is 83.0 Å². The van der Waals surface area contributed by atoms with Gasteiger partial charge < -0.3 is 10.1 Å². The van der Waals surface area contributed by atoms with Gasteiger partial charge in [-0.3, -0.25) is 4.79 Å². The summed E-state index contributed by atoms with van der Waals surface area (Å²) in [6.45, 7) is 0.507. The van der Waals surface area contributed by atoms with Gasteiger partial charge in [-0.2, -0.15) is 0 Å². The molecule has 1 amide bonds. The summed E-state index contributed by atoms with van der Waals surface area (Å²) in [6.07, 6.45) is 1.49. The second-order valence-corrected chi connectivity index (χ2v) is 5.68. The lowest BCUT2D eigenvalue weighted by molar-refractivity contribution is -0.117. The minimum absolute atomic E-state index is 0.119. The number of nitrogens with one attached hydrogen (secondary N) is 1. The first-order chi connectivity index (χ1) is 10.8. The van der Waals surface area contributed by atoms with Gasteiger partial charge in [0.15, 0.2) is 0 Å². The van der Waals surface area contributed by atoms with Gasteiger partial charge in [-0.1, -0.05) is 60.7 Å². The van der Waals surface area contributed by atoms with Crippen LogP contribution in [0.1, 0.15) is 11.1 Å². The number of carbonyl (C=O) groups excluding carboxylic acids is 1. The lowest BCUT2D eigenvalue weighted by Crippen LogP contribution is -2.23. The second kappa shape index (κ2) is 8.95. The minimum atomic E-state index is -0.119. The van der Waals surface area contributed by atoms with Gasteiger partial charge in [-0.05, 0) is 11.1 Å². The summed E-state index contributed by atoms with van der Waals surface area (Å²) < 4.78 is 5.02. The van der Waals surface area contributed by atoms with Crippen LogP contribution in [-0.4, -0.2) is 13.0 Å². The average molecular weight is 313 g/mol. The van der Waals surface area contributed by atoms with Crippen LogP contribution in [0.3, 0.4) is 0 Å². The maximum atomic E-state index is 12.2. The first-order valence-corrected chi connectivity index (χ1v) is 8.00. The van der Waals surface area contributed by atoms with Crippen molar-refractivity contribution in [2.24, 2.45) is 0 Å². The van der Waals surface area contributed by atoms with Gasteiger partial charge in [-0.25, -0.2) is 0 Å². The zero-order valence-corrected chi connectivity index (χ0v) is 13.3. The fourth-order valence-electron chi connectivity index (χ4n) is 1.86. The Bertz CT molecular complexity index is 611. The van der Waals surface area contributed by atoms with Crippen LogP contribution in [0.2, 0.25) is 0 Å². The van der Waals surface area contributed by atoms with Crippen LogP contribution in [-0.2, 0) is 21.8 Å². The molecule has 0 aliphatic carbocycles. The predicted octanol–water partition coefficient (Wildman–Crippen LogP) is 3.72. The van der Waals surface area contributed by atoms with Crippen LogP contribution in [0.5, 0.6) is 0 Å². The molecule has 2 aromatic carbocycles. The zero-order chi connectivity index (χ0) is 15.6. The second-order valence-electron chi connectivity index (χ2n) is 4.66. The van der Waals surface area contributed by atoms with Crippen LogP contribution in [0.25, 0.3) is 0 Å². The summed E-state index contributed by atoms with van der Waals surface area (Å²) in [7, 11) is 1.55. The quantitative estimate of drug-likeness (QED) is 0.625. The SMILES string of the molecule is CO/C=C(\SCc1ccccc1)C(=O)NCc1ccccc1. The van der Waals surface area contributed by atoms with E-state index in [1.807, 2.05) is 60.7 Å². The molecule has 0 spiro atoms. The van der Waals surface area contributed by atoms with Crippen LogP contribution in [0, 0.1) is 0 Å². The Kier molecular flexibility index (Phi) is 6.58. The minimum Gasteiger partial charge on any atom is -0.503 e. The molecule has 0 saturated carbocycles. The van der Waals surface area contributed by atoms with Crippen molar-refractivity contribution in [2.75, 3.05) is 7.11 Å². The molecule has 22 heavy (non-hydrogen) atoms. The number of methoxy groups -OCH3 is 1. The number of ether oxygens (including phenoxy) is 1. The van der Waals surface area contributed by atoms with Crippen LogP contribution in [0.15, 0.2) is 71.8 Å². The first-order valence-electron chi connectivity index (χ1n) is 7.01. The van der Waals surface area contributed by atoms with E-state index in [2.05, 4.69) is 5.32 Å². The molecule has 2 aromatic rings. The molecule has 4 heteroatoms. The summed E-state index contributed by atoms with van der Waals surface area (Å²) in [5.74, 6) is 0.612. The van der Waals surface area contributed by atoms with Crippen molar-refractivity contribution in [3.8, 4) is 0 Å². The number of benzene rings is 2. The van der Waals surface area contributed by atoms with Crippen LogP contribution in [0.4, 0.5) is 0 Å². The van der Waals surface area contributed by atoms with Gasteiger partial charge in [-0.15, -0.1) is 11.8 Å². The van der Waals surface area contributed by atoms with Crippen molar-refractivity contribution in [2.45, 2.75) is 12.3 Å². The number of thioether (sulfide) groups is 1. The molecule has 3 nitrogen and oxygen atoms in total. The average Bonchev–Trinajstić information content (AvgIpc) is 2.58. The maximum absolute atomic E-state index is 12.2. The fourth-order valence-corrected chi connectivity index (χ4v) is 2.74. The number of hydrogen-bond donors (Lipinski definition) is 1. The molecular weight excluding hydrogens is 294 g/mol. The molecule has 0 radical (unpaired) electrons. The van der Waals surface area contributed by atoms with Crippen molar-refractivity contribution >= 4 is 17.7 Å². The van der Waals surface area contributed by atoms with E-state index in [1.165, 1.54) is 23.6 Å². The number of carbonyl (C=O) groups is 1. The third-order valence-electron chi connectivity index (χ3n) is 2.98. The molecule has 0 aliphatic heterocycles. The summed E-state index contributed by atoms with van der Waals surface area (Å²) >= 11 is 1.47. The molecule has 0 atom stereocenters. The molecule has 0 aromatic heterocycles. The Hall–Kier alpha value is -2.20. The van der Waals surface area contributed by atoms with Crippen molar-refractivity contribution in [1.82, 2.24) is 5.32 Å². The van der Waals surface area contributed by atoms with Gasteiger partial charge in [0.1, 0.15) is 11.2 Å². The Morgan fingerprint density at radius 1 is 1.05 bits per heavy atom. The van der Waals surface area contributed by atoms with Gasteiger partial charge in [0, 0.05) is 12.3 Å². The molecule has 0 unspecified atom stereocenters. The summed E-state index contributed by atoms with van der Waals surface area (Å²) in [5, 5.41) is 2.91. The summed E-state index contributed by atoms with van der Waals surface area (Å²) in [4.78, 5) is 12.8. The Balaban J connectivity index is 1.90. The highest BCUT2D eigenvalue weighted by atomic mass is 32.2. The monoisotopic (exact) mass is 313 g/mol. The van der Waals surface area contributed by atoms with Gasteiger partial charge in [0.2, 0.25) is 0 Å². The van der Waals surface area contributed by atoms with Crippen molar-refractivity contribution in [1.29, 1.82) is 0 Å². The molecule has 0 fully saturated rings. The molecule has 0 bridgehead atoms. The smallest absolute Gasteiger partial charge is 0.261 e. The fraction of sp³-hybridized carbons (Fsp3) is 0.167. The largest absolute Gasteiger partial charge is 0.503 e. The normalized spacial score (nSPS) is 11.0. The predicted molar refractivity (Wildman–Crippen MR) is 91.1 cm³/mol. The molecule has 0 aliphatic rings. The highest BCUT2D eigenvalue weighted by Gasteiger charge is 2.11. The Labute approximate surface area is 135 Å². The van der Waals surface area contributed by atoms with Gasteiger partial charge in [0.05, 0.1) is 7.11 Å². The van der Waals surface area contributed by atoms with E-state index in [-0.39, 0.29) is 5.91 Å². The molecule has 1 N–H and O–H groups in total. The van der Waals surface area contributed by atoms with Crippen molar-refractivity contribution < 1.29 is 9.53 Å². The molecule has 114 valence electrons. The Morgan fingerprint density at radius 2 is 1.64 bits per heavy atom. The number of rotatable bonds is 7. The molecule has 0 saturated heterocycles. The summed E-state index contributed by atoms with van der Waals surface area (Å²) in [6, 6.07) is 19.9. The van der Waals surface area contributed by atoms with Crippen LogP contribution >= 0.6 is 11.8 Å². The topological polar surface area (TPSA) is 38.3 Å². The third kappa shape index (κ3) is 5.30. The number of hydrogen-bond acceptors (Lipinski definition) is 3. The highest BCUT2D eigenvalue weighted by molar-refractivity contribution is 8.03. The standard InChI is InChI=1S/C18H19NO2S/c1-21-13-17(22-14-16-10-6-3-7-11-16)18(20)19-12-15-8-4-2-5-9-15/h2-11,13H,12,14H2,1H3,(H,19,20)/b17-13-. The van der Waals surface area contributed by atoms with Crippen LogP contribution < -0.4 is 5.32 Å². The van der Waals surface area contributed by atoms with E-state index in [4.69, 9.17) is 4.74 Å². The molecule has 2 rings (SSSR count). The van der Waals surface area contributed by atoms with E-state index in [0.717, 1.165) is 11.3 Å². The molecular formula is C18H19NO2S. The summed E-state index contributed by atoms with van der Waals surface area (Å²) in [5.41, 5.74) is 2.24. The van der Waals surface area contributed by atoms with Crippen molar-refractivity contribution in [3.63, 3.8) is 0 Å². The maximum Gasteiger partial charge on any atom is 0.261 e. The van der Waals surface area contributed by atoms with E-state index in [9.17, 15) is 4.79 Å². The zero-order valence-electron chi connectivity index (χ0n) is 12.5. The van der Waals surface area contributed by atoms with E-state index in [0.29, 0.717) is 11.4 Å². The number of amides is 1. The van der Waals surface area contributed by atoms with E-state index in [1.54, 1.807) is 7.11 Å². The Morgan fingerprint density at radius 3 is 2.23 bits per heavy atom. The first kappa shape index (κ1) is 16.2. The van der Waals surface area contributed by atoms with Gasteiger partial charge >= 0.3 is 0 Å². The lowest BCUT2D eigenvalue weighted by atomic mass is 10.2. The van der Waals surface area contributed by atoms with Gasteiger partial charge in [0.25, 0.3) is 5.91 Å². The third-order valence-corrected chi connectivity index (χ3v) is 4.05. The highest BCUT2D eigenvalue weighted by Crippen LogP contribution is 2.21. The van der Waals surface area contributed by atoms with E-state index >= 15 is 0 Å². The molecule has 0 heterocycles.